The van der Waals surface area contributed by atoms with E-state index in [9.17, 15) is 4.79 Å². The second kappa shape index (κ2) is 10.4. The fourth-order valence-electron chi connectivity index (χ4n) is 4.05. The molecule has 0 spiro atoms. The molecular weight excluding hydrogens is 375 g/mol. The SMILES string of the molecule is CCN(CC)C1CCN(C(=O)c2nnn(C3CCNCC3)c2C)C1.Cl.Cl. The van der Waals surface area contributed by atoms with Crippen LogP contribution in [0.3, 0.4) is 0 Å². The zero-order chi connectivity index (χ0) is 17.1. The maximum atomic E-state index is 12.9. The summed E-state index contributed by atoms with van der Waals surface area (Å²) in [4.78, 5) is 17.3. The standard InChI is InChI=1S/C17H30N6O.2ClH/c1-4-21(5-2)15-8-11-22(12-15)17(24)16-13(3)23(20-19-16)14-6-9-18-10-7-14;;/h14-15,18H,4-12H2,1-3H3;2*1H. The number of carbonyl (C=O) groups excluding carboxylic acids is 1. The van der Waals surface area contributed by atoms with E-state index in [0.717, 1.165) is 64.2 Å². The second-order valence-corrected chi connectivity index (χ2v) is 6.86. The third-order valence-electron chi connectivity index (χ3n) is 5.56. The fourth-order valence-corrected chi connectivity index (χ4v) is 4.05. The van der Waals surface area contributed by atoms with Crippen molar-refractivity contribution in [1.82, 2.24) is 30.1 Å². The molecule has 3 rings (SSSR count). The fraction of sp³-hybridized carbons (Fsp3) is 0.824. The maximum Gasteiger partial charge on any atom is 0.276 e. The Labute approximate surface area is 168 Å². The first-order chi connectivity index (χ1) is 11.7. The van der Waals surface area contributed by atoms with Crippen molar-refractivity contribution in [3.05, 3.63) is 11.4 Å². The molecule has 1 unspecified atom stereocenters. The molecule has 3 heterocycles. The highest BCUT2D eigenvalue weighted by Crippen LogP contribution is 2.22. The number of piperidine rings is 1. The van der Waals surface area contributed by atoms with Gasteiger partial charge in [-0.25, -0.2) is 4.68 Å². The summed E-state index contributed by atoms with van der Waals surface area (Å²) >= 11 is 0. The number of aromatic nitrogens is 3. The van der Waals surface area contributed by atoms with Gasteiger partial charge in [0.1, 0.15) is 0 Å². The van der Waals surface area contributed by atoms with Crippen LogP contribution in [0.5, 0.6) is 0 Å². The second-order valence-electron chi connectivity index (χ2n) is 6.86. The van der Waals surface area contributed by atoms with Gasteiger partial charge in [-0.1, -0.05) is 19.1 Å². The van der Waals surface area contributed by atoms with E-state index in [1.165, 1.54) is 0 Å². The normalized spacial score (nSPS) is 20.8. The van der Waals surface area contributed by atoms with E-state index in [1.54, 1.807) is 0 Å². The van der Waals surface area contributed by atoms with Crippen LogP contribution in [0.1, 0.15) is 55.3 Å². The summed E-state index contributed by atoms with van der Waals surface area (Å²) in [7, 11) is 0. The Morgan fingerprint density at radius 2 is 1.85 bits per heavy atom. The highest BCUT2D eigenvalue weighted by molar-refractivity contribution is 5.93. The lowest BCUT2D eigenvalue weighted by Gasteiger charge is -2.26. The summed E-state index contributed by atoms with van der Waals surface area (Å²) in [5.41, 5.74) is 1.45. The lowest BCUT2D eigenvalue weighted by Crippen LogP contribution is -2.38. The Bertz CT molecular complexity index is 572. The van der Waals surface area contributed by atoms with E-state index in [4.69, 9.17) is 0 Å². The molecule has 1 N–H and O–H groups in total. The predicted molar refractivity (Wildman–Crippen MR) is 108 cm³/mol. The van der Waals surface area contributed by atoms with Crippen LogP contribution in [0.15, 0.2) is 0 Å². The van der Waals surface area contributed by atoms with Gasteiger partial charge in [-0.3, -0.25) is 9.69 Å². The van der Waals surface area contributed by atoms with Crippen molar-refractivity contribution in [1.29, 1.82) is 0 Å². The minimum absolute atomic E-state index is 0. The van der Waals surface area contributed by atoms with Gasteiger partial charge in [-0.15, -0.1) is 29.9 Å². The number of hydrogen-bond donors (Lipinski definition) is 1. The van der Waals surface area contributed by atoms with Crippen LogP contribution in [0.25, 0.3) is 0 Å². The minimum atomic E-state index is 0. The van der Waals surface area contributed by atoms with Gasteiger partial charge in [0.15, 0.2) is 5.69 Å². The van der Waals surface area contributed by atoms with Crippen LogP contribution >= 0.6 is 24.8 Å². The molecule has 1 aromatic heterocycles. The Hall–Kier alpha value is -0.890. The van der Waals surface area contributed by atoms with Crippen LogP contribution in [0.4, 0.5) is 0 Å². The van der Waals surface area contributed by atoms with E-state index in [2.05, 4.69) is 34.4 Å². The molecule has 150 valence electrons. The van der Waals surface area contributed by atoms with Crippen LogP contribution in [0.2, 0.25) is 0 Å². The van der Waals surface area contributed by atoms with E-state index in [-0.39, 0.29) is 30.7 Å². The number of halogens is 2. The third kappa shape index (κ3) is 4.68. The van der Waals surface area contributed by atoms with Gasteiger partial charge in [0.2, 0.25) is 0 Å². The molecule has 0 aliphatic carbocycles. The first-order valence-electron chi connectivity index (χ1n) is 9.31. The molecule has 0 radical (unpaired) electrons. The number of likely N-dealkylation sites (N-methyl/N-ethyl adjacent to an activating group) is 1. The highest BCUT2D eigenvalue weighted by Gasteiger charge is 2.32. The number of hydrogen-bond acceptors (Lipinski definition) is 5. The summed E-state index contributed by atoms with van der Waals surface area (Å²) in [6.07, 6.45) is 3.14. The summed E-state index contributed by atoms with van der Waals surface area (Å²) in [6, 6.07) is 0.839. The lowest BCUT2D eigenvalue weighted by molar-refractivity contribution is 0.0771. The van der Waals surface area contributed by atoms with Crippen molar-refractivity contribution in [2.75, 3.05) is 39.3 Å². The van der Waals surface area contributed by atoms with Gasteiger partial charge in [0.25, 0.3) is 5.91 Å². The van der Waals surface area contributed by atoms with E-state index >= 15 is 0 Å². The molecule has 7 nitrogen and oxygen atoms in total. The molecule has 0 aromatic carbocycles. The molecule has 0 bridgehead atoms. The zero-order valence-corrected chi connectivity index (χ0v) is 17.6. The summed E-state index contributed by atoms with van der Waals surface area (Å²) in [5.74, 6) is 0.0438. The average molecular weight is 407 g/mol. The van der Waals surface area contributed by atoms with Crippen LogP contribution in [-0.4, -0.2) is 76.0 Å². The Morgan fingerprint density at radius 3 is 2.46 bits per heavy atom. The summed E-state index contributed by atoms with van der Waals surface area (Å²) in [6.45, 7) is 12.1. The Morgan fingerprint density at radius 1 is 1.19 bits per heavy atom. The first-order valence-corrected chi connectivity index (χ1v) is 9.31. The van der Waals surface area contributed by atoms with Gasteiger partial charge in [-0.2, -0.15) is 0 Å². The van der Waals surface area contributed by atoms with E-state index in [1.807, 2.05) is 16.5 Å². The summed E-state index contributed by atoms with van der Waals surface area (Å²) in [5, 5.41) is 11.9. The highest BCUT2D eigenvalue weighted by atomic mass is 35.5. The molecule has 0 saturated carbocycles. The average Bonchev–Trinajstić information content (AvgIpc) is 3.24. The molecule has 1 atom stereocenters. The monoisotopic (exact) mass is 406 g/mol. The predicted octanol–water partition coefficient (Wildman–Crippen LogP) is 1.91. The van der Waals surface area contributed by atoms with Crippen molar-refractivity contribution in [3.8, 4) is 0 Å². The van der Waals surface area contributed by atoms with E-state index < -0.39 is 0 Å². The maximum absolute atomic E-state index is 12.9. The van der Waals surface area contributed by atoms with Gasteiger partial charge >= 0.3 is 0 Å². The van der Waals surface area contributed by atoms with Gasteiger partial charge in [0.05, 0.1) is 11.7 Å². The van der Waals surface area contributed by atoms with Gasteiger partial charge in [0, 0.05) is 19.1 Å². The zero-order valence-electron chi connectivity index (χ0n) is 16.0. The third-order valence-corrected chi connectivity index (χ3v) is 5.56. The number of nitrogens with zero attached hydrogens (tertiary/aromatic N) is 5. The molecule has 1 aromatic rings. The topological polar surface area (TPSA) is 66.3 Å². The molecular formula is C17H32Cl2N6O. The number of rotatable bonds is 5. The molecule has 2 fully saturated rings. The first kappa shape index (κ1) is 23.1. The number of likely N-dealkylation sites (tertiary alicyclic amines) is 1. The molecule has 9 heteroatoms. The molecule has 2 saturated heterocycles. The number of nitrogens with one attached hydrogen (secondary N) is 1. The smallest absolute Gasteiger partial charge is 0.276 e. The number of carbonyl (C=O) groups is 1. The van der Waals surface area contributed by atoms with Crippen LogP contribution < -0.4 is 5.32 Å². The van der Waals surface area contributed by atoms with Gasteiger partial charge in [-0.05, 0) is 52.4 Å². The van der Waals surface area contributed by atoms with Crippen LogP contribution in [0, 0.1) is 6.92 Å². The Balaban J connectivity index is 0.00000169. The minimum Gasteiger partial charge on any atom is -0.336 e. The van der Waals surface area contributed by atoms with Crippen molar-refractivity contribution in [2.45, 2.75) is 52.1 Å². The van der Waals surface area contributed by atoms with Crippen molar-refractivity contribution < 1.29 is 4.79 Å². The largest absolute Gasteiger partial charge is 0.336 e. The molecule has 26 heavy (non-hydrogen) atoms. The van der Waals surface area contributed by atoms with Crippen molar-refractivity contribution >= 4 is 30.7 Å². The number of amides is 1. The molecule has 2 aliphatic rings. The molecule has 1 amide bonds. The molecule has 2 aliphatic heterocycles. The van der Waals surface area contributed by atoms with Gasteiger partial charge < -0.3 is 10.2 Å². The van der Waals surface area contributed by atoms with Crippen LogP contribution in [-0.2, 0) is 0 Å². The van der Waals surface area contributed by atoms with E-state index in [0.29, 0.717) is 17.8 Å². The van der Waals surface area contributed by atoms with Crippen molar-refractivity contribution in [3.63, 3.8) is 0 Å². The lowest BCUT2D eigenvalue weighted by atomic mass is 10.1. The Kier molecular flexibility index (Phi) is 9.30. The quantitative estimate of drug-likeness (QED) is 0.808. The van der Waals surface area contributed by atoms with Crippen molar-refractivity contribution in [2.24, 2.45) is 0 Å². The summed E-state index contributed by atoms with van der Waals surface area (Å²) < 4.78 is 1.96.